The van der Waals surface area contributed by atoms with E-state index in [4.69, 9.17) is 30.6 Å². The van der Waals surface area contributed by atoms with Crippen LogP contribution in [0.25, 0.3) is 0 Å². The molecule has 0 aliphatic rings. The van der Waals surface area contributed by atoms with Gasteiger partial charge in [0.15, 0.2) is 0 Å². The van der Waals surface area contributed by atoms with Crippen molar-refractivity contribution in [1.82, 2.24) is 0 Å². The van der Waals surface area contributed by atoms with Crippen molar-refractivity contribution >= 4 is 0 Å². The SMILES string of the molecule is OC[C@@H](O)[C@@H](O)[C@H](O)[C@H](O)CO.[Cl-].[Na+]. The van der Waals surface area contributed by atoms with Crippen LogP contribution in [0.15, 0.2) is 0 Å². The fraction of sp³-hybridized carbons (Fsp3) is 1.00. The second-order valence-corrected chi connectivity index (χ2v) is 2.48. The first-order chi connectivity index (χ1) is 5.54. The van der Waals surface area contributed by atoms with Crippen LogP contribution in [0.5, 0.6) is 0 Å². The van der Waals surface area contributed by atoms with E-state index in [2.05, 4.69) is 0 Å². The molecule has 0 aliphatic carbocycles. The van der Waals surface area contributed by atoms with Crippen LogP contribution < -0.4 is 42.0 Å². The van der Waals surface area contributed by atoms with Gasteiger partial charge in [-0.05, 0) is 0 Å². The first kappa shape index (κ1) is 20.5. The summed E-state index contributed by atoms with van der Waals surface area (Å²) in [6.45, 7) is -1.45. The van der Waals surface area contributed by atoms with Gasteiger partial charge in [-0.25, -0.2) is 0 Å². The van der Waals surface area contributed by atoms with Crippen LogP contribution in [0.4, 0.5) is 0 Å². The van der Waals surface area contributed by atoms with Crippen molar-refractivity contribution in [3.63, 3.8) is 0 Å². The molecular formula is C6H14ClNaO6. The molecule has 0 heterocycles. The molecule has 0 spiro atoms. The van der Waals surface area contributed by atoms with Crippen molar-refractivity contribution < 1.29 is 72.6 Å². The maximum atomic E-state index is 8.96. The fourth-order valence-corrected chi connectivity index (χ4v) is 0.671. The predicted molar refractivity (Wildman–Crippen MR) is 38.2 cm³/mol. The minimum Gasteiger partial charge on any atom is -1.00 e. The molecule has 0 unspecified atom stereocenters. The quantitative estimate of drug-likeness (QED) is 0.266. The van der Waals surface area contributed by atoms with E-state index in [1.54, 1.807) is 0 Å². The molecule has 0 aromatic rings. The Morgan fingerprint density at radius 2 is 0.929 bits per heavy atom. The van der Waals surface area contributed by atoms with Gasteiger partial charge in [-0.3, -0.25) is 0 Å². The Bertz CT molecular complexity index is 115. The number of hydrogen-bond donors (Lipinski definition) is 6. The Hall–Kier alpha value is 1.05. The number of hydrogen-bond acceptors (Lipinski definition) is 6. The Kier molecular flexibility index (Phi) is 15.4. The van der Waals surface area contributed by atoms with E-state index in [-0.39, 0.29) is 42.0 Å². The summed E-state index contributed by atoms with van der Waals surface area (Å²) in [5.41, 5.74) is 0. The van der Waals surface area contributed by atoms with Crippen LogP contribution in [-0.2, 0) is 0 Å². The van der Waals surface area contributed by atoms with E-state index in [9.17, 15) is 0 Å². The number of rotatable bonds is 5. The molecule has 8 heteroatoms. The second kappa shape index (κ2) is 10.6. The molecule has 0 rings (SSSR count). The van der Waals surface area contributed by atoms with Crippen LogP contribution >= 0.6 is 0 Å². The fourth-order valence-electron chi connectivity index (χ4n) is 0.671. The maximum absolute atomic E-state index is 8.96. The van der Waals surface area contributed by atoms with Gasteiger partial charge in [0.05, 0.1) is 13.2 Å². The van der Waals surface area contributed by atoms with Crippen molar-refractivity contribution in [3.8, 4) is 0 Å². The van der Waals surface area contributed by atoms with E-state index in [0.717, 1.165) is 0 Å². The molecule has 82 valence electrons. The number of halogens is 1. The first-order valence-corrected chi connectivity index (χ1v) is 3.48. The molecule has 0 radical (unpaired) electrons. The minimum absolute atomic E-state index is 0. The minimum atomic E-state index is -1.67. The summed E-state index contributed by atoms with van der Waals surface area (Å²) in [5, 5.41) is 52.2. The van der Waals surface area contributed by atoms with Gasteiger partial charge in [0.25, 0.3) is 0 Å². The molecule has 6 N–H and O–H groups in total. The third-order valence-electron chi connectivity index (χ3n) is 1.51. The Morgan fingerprint density at radius 3 is 1.07 bits per heavy atom. The predicted octanol–water partition coefficient (Wildman–Crippen LogP) is -9.58. The molecule has 0 fully saturated rings. The Labute approximate surface area is 110 Å². The third kappa shape index (κ3) is 6.52. The zero-order valence-electron chi connectivity index (χ0n) is 7.78. The number of aliphatic hydroxyl groups is 6. The van der Waals surface area contributed by atoms with Crippen molar-refractivity contribution in [2.24, 2.45) is 0 Å². The van der Waals surface area contributed by atoms with E-state index in [1.165, 1.54) is 0 Å². The summed E-state index contributed by atoms with van der Waals surface area (Å²) in [7, 11) is 0. The topological polar surface area (TPSA) is 121 Å². The second-order valence-electron chi connectivity index (χ2n) is 2.48. The molecule has 0 aromatic heterocycles. The molecule has 0 aliphatic heterocycles. The third-order valence-corrected chi connectivity index (χ3v) is 1.51. The summed E-state index contributed by atoms with van der Waals surface area (Å²) in [5.74, 6) is 0. The monoisotopic (exact) mass is 240 g/mol. The number of aliphatic hydroxyl groups excluding tert-OH is 6. The zero-order valence-corrected chi connectivity index (χ0v) is 10.5. The van der Waals surface area contributed by atoms with Gasteiger partial charge in [-0.1, -0.05) is 0 Å². The van der Waals surface area contributed by atoms with E-state index in [0.29, 0.717) is 0 Å². The molecule has 4 atom stereocenters. The average molecular weight is 241 g/mol. The van der Waals surface area contributed by atoms with Crippen LogP contribution in [0.1, 0.15) is 0 Å². The van der Waals surface area contributed by atoms with Gasteiger partial charge in [0, 0.05) is 0 Å². The van der Waals surface area contributed by atoms with Gasteiger partial charge in [-0.2, -0.15) is 0 Å². The van der Waals surface area contributed by atoms with Gasteiger partial charge < -0.3 is 43.0 Å². The largest absolute Gasteiger partial charge is 1.00 e. The van der Waals surface area contributed by atoms with Crippen molar-refractivity contribution in [2.75, 3.05) is 13.2 Å². The van der Waals surface area contributed by atoms with E-state index >= 15 is 0 Å². The summed E-state index contributed by atoms with van der Waals surface area (Å²) >= 11 is 0. The van der Waals surface area contributed by atoms with E-state index in [1.807, 2.05) is 0 Å². The summed E-state index contributed by atoms with van der Waals surface area (Å²) in [6, 6.07) is 0. The van der Waals surface area contributed by atoms with Crippen LogP contribution in [-0.4, -0.2) is 68.3 Å². The van der Waals surface area contributed by atoms with Crippen molar-refractivity contribution in [1.29, 1.82) is 0 Å². The molecule has 0 saturated heterocycles. The van der Waals surface area contributed by atoms with Crippen molar-refractivity contribution in [2.45, 2.75) is 24.4 Å². The molecule has 0 aromatic carbocycles. The summed E-state index contributed by atoms with van der Waals surface area (Å²) in [6.07, 6.45) is -6.39. The average Bonchev–Trinajstić information content (AvgIpc) is 2.12. The van der Waals surface area contributed by atoms with Gasteiger partial charge in [-0.15, -0.1) is 0 Å². The summed E-state index contributed by atoms with van der Waals surface area (Å²) < 4.78 is 0. The Balaban J connectivity index is -0.000000605. The van der Waals surface area contributed by atoms with Gasteiger partial charge in [0.2, 0.25) is 0 Å². The molecule has 14 heavy (non-hydrogen) atoms. The smallest absolute Gasteiger partial charge is 1.00 e. The standard InChI is InChI=1S/C6H14O6.ClH.Na/c7-1-3(9)5(11)6(12)4(10)2-8;;/h3-12H,1-2H2;1H;/q;;+1/p-1/t3-,4-,5-,6-;;/m1../s1. The molecular weight excluding hydrogens is 227 g/mol. The Morgan fingerprint density at radius 1 is 0.714 bits per heavy atom. The van der Waals surface area contributed by atoms with Crippen LogP contribution in [0, 0.1) is 0 Å². The zero-order chi connectivity index (χ0) is 9.72. The molecule has 0 saturated carbocycles. The van der Waals surface area contributed by atoms with Crippen molar-refractivity contribution in [3.05, 3.63) is 0 Å². The van der Waals surface area contributed by atoms with Gasteiger partial charge >= 0.3 is 29.6 Å². The van der Waals surface area contributed by atoms with Crippen LogP contribution in [0.3, 0.4) is 0 Å². The normalized spacial score (nSPS) is 18.4. The van der Waals surface area contributed by atoms with E-state index < -0.39 is 37.6 Å². The molecule has 6 nitrogen and oxygen atoms in total. The molecule has 0 amide bonds. The molecule has 0 bridgehead atoms. The summed E-state index contributed by atoms with van der Waals surface area (Å²) in [4.78, 5) is 0. The maximum Gasteiger partial charge on any atom is 1.00 e. The van der Waals surface area contributed by atoms with Crippen LogP contribution in [0.2, 0.25) is 0 Å². The first-order valence-electron chi connectivity index (χ1n) is 3.48. The van der Waals surface area contributed by atoms with Gasteiger partial charge in [0.1, 0.15) is 24.4 Å².